The fourth-order valence-corrected chi connectivity index (χ4v) is 1.42. The Morgan fingerprint density at radius 1 is 1.46 bits per heavy atom. The molecule has 0 radical (unpaired) electrons. The van der Waals surface area contributed by atoms with Crippen molar-refractivity contribution in [2.75, 3.05) is 6.61 Å². The van der Waals surface area contributed by atoms with E-state index in [4.69, 9.17) is 4.74 Å². The number of fused-ring (bicyclic) bond motifs is 1. The van der Waals surface area contributed by atoms with Gasteiger partial charge in [0.1, 0.15) is 0 Å². The summed E-state index contributed by atoms with van der Waals surface area (Å²) in [6.45, 7) is 0.870. The van der Waals surface area contributed by atoms with Crippen LogP contribution in [0.4, 0.5) is 0 Å². The molecule has 0 unspecified atom stereocenters. The molecule has 0 fully saturated rings. The zero-order valence-corrected chi connectivity index (χ0v) is 7.29. The lowest BCUT2D eigenvalue weighted by Crippen LogP contribution is -2.38. The SMILES string of the molecule is Cn1c(=O)[nH]c2c(c1=O)COCC2. The van der Waals surface area contributed by atoms with Crippen LogP contribution in [0.1, 0.15) is 11.3 Å². The van der Waals surface area contributed by atoms with E-state index < -0.39 is 0 Å². The largest absolute Gasteiger partial charge is 0.376 e. The minimum Gasteiger partial charge on any atom is -0.376 e. The molecule has 1 N–H and O–H groups in total. The lowest BCUT2D eigenvalue weighted by molar-refractivity contribution is 0.107. The Kier molecular flexibility index (Phi) is 1.81. The second-order valence-corrected chi connectivity index (χ2v) is 3.05. The average molecular weight is 182 g/mol. The molecule has 0 spiro atoms. The second-order valence-electron chi connectivity index (χ2n) is 3.05. The third-order valence-electron chi connectivity index (χ3n) is 2.23. The summed E-state index contributed by atoms with van der Waals surface area (Å²) in [5.41, 5.74) is 0.691. The summed E-state index contributed by atoms with van der Waals surface area (Å²) in [7, 11) is 1.45. The molecule has 0 aliphatic carbocycles. The number of hydrogen-bond donors (Lipinski definition) is 1. The summed E-state index contributed by atoms with van der Waals surface area (Å²) in [4.78, 5) is 25.3. The molecular weight excluding hydrogens is 172 g/mol. The Bertz CT molecular complexity index is 444. The van der Waals surface area contributed by atoms with E-state index >= 15 is 0 Å². The van der Waals surface area contributed by atoms with E-state index in [1.165, 1.54) is 7.05 Å². The third kappa shape index (κ3) is 1.21. The molecule has 2 rings (SSSR count). The Labute approximate surface area is 74.0 Å². The molecule has 1 aliphatic rings. The van der Waals surface area contributed by atoms with Gasteiger partial charge in [-0.05, 0) is 0 Å². The van der Waals surface area contributed by atoms with Gasteiger partial charge in [0, 0.05) is 19.2 Å². The predicted molar refractivity (Wildman–Crippen MR) is 45.7 cm³/mol. The first-order valence-electron chi connectivity index (χ1n) is 4.09. The molecule has 13 heavy (non-hydrogen) atoms. The van der Waals surface area contributed by atoms with Crippen LogP contribution >= 0.6 is 0 Å². The van der Waals surface area contributed by atoms with Gasteiger partial charge in [-0.25, -0.2) is 4.79 Å². The maximum atomic E-state index is 11.5. The lowest BCUT2D eigenvalue weighted by atomic mass is 10.1. The predicted octanol–water partition coefficient (Wildman–Crippen LogP) is -0.854. The van der Waals surface area contributed by atoms with Crippen LogP contribution in [0.5, 0.6) is 0 Å². The van der Waals surface area contributed by atoms with Gasteiger partial charge in [0.2, 0.25) is 0 Å². The van der Waals surface area contributed by atoms with E-state index in [9.17, 15) is 9.59 Å². The summed E-state index contributed by atoms with van der Waals surface area (Å²) < 4.78 is 6.20. The van der Waals surface area contributed by atoms with E-state index in [2.05, 4.69) is 4.98 Å². The molecule has 2 heterocycles. The zero-order valence-electron chi connectivity index (χ0n) is 7.29. The molecule has 1 aliphatic heterocycles. The number of hydrogen-bond acceptors (Lipinski definition) is 3. The van der Waals surface area contributed by atoms with Gasteiger partial charge in [0.25, 0.3) is 5.56 Å². The second kappa shape index (κ2) is 2.85. The topological polar surface area (TPSA) is 64.1 Å². The van der Waals surface area contributed by atoms with E-state index in [0.717, 1.165) is 10.3 Å². The van der Waals surface area contributed by atoms with Crippen molar-refractivity contribution in [1.29, 1.82) is 0 Å². The first-order chi connectivity index (χ1) is 6.20. The van der Waals surface area contributed by atoms with Crippen LogP contribution in [-0.4, -0.2) is 16.2 Å². The van der Waals surface area contributed by atoms with Crippen molar-refractivity contribution in [2.24, 2.45) is 7.05 Å². The summed E-state index contributed by atoms with van der Waals surface area (Å²) in [6.07, 6.45) is 0.612. The first kappa shape index (κ1) is 8.25. The van der Waals surface area contributed by atoms with Gasteiger partial charge in [-0.3, -0.25) is 9.36 Å². The van der Waals surface area contributed by atoms with Crippen LogP contribution in [0, 0.1) is 0 Å². The number of ether oxygens (including phenoxy) is 1. The van der Waals surface area contributed by atoms with Crippen molar-refractivity contribution < 1.29 is 4.74 Å². The van der Waals surface area contributed by atoms with Crippen LogP contribution in [0.2, 0.25) is 0 Å². The summed E-state index contributed by atoms with van der Waals surface area (Å²) in [5.74, 6) is 0. The minimum absolute atomic E-state index is 0.251. The third-order valence-corrected chi connectivity index (χ3v) is 2.23. The molecule has 0 saturated heterocycles. The molecule has 5 nitrogen and oxygen atoms in total. The maximum absolute atomic E-state index is 11.5. The molecule has 1 aromatic rings. The number of nitrogens with one attached hydrogen (secondary N) is 1. The van der Waals surface area contributed by atoms with Crippen LogP contribution in [-0.2, 0) is 24.8 Å². The van der Waals surface area contributed by atoms with Gasteiger partial charge in [0.15, 0.2) is 0 Å². The zero-order chi connectivity index (χ0) is 9.42. The Morgan fingerprint density at radius 3 is 3.00 bits per heavy atom. The van der Waals surface area contributed by atoms with E-state index in [1.54, 1.807) is 0 Å². The molecule has 1 aromatic heterocycles. The Balaban J connectivity index is 2.75. The number of nitrogens with zero attached hydrogens (tertiary/aromatic N) is 1. The highest BCUT2D eigenvalue weighted by Crippen LogP contribution is 2.07. The van der Waals surface area contributed by atoms with Crippen LogP contribution in [0.15, 0.2) is 9.59 Å². The highest BCUT2D eigenvalue weighted by Gasteiger charge is 2.15. The Hall–Kier alpha value is -1.36. The number of H-pyrrole nitrogens is 1. The molecule has 0 saturated carbocycles. The standard InChI is InChI=1S/C8H10N2O3/c1-10-7(11)5-4-13-3-2-6(5)9-8(10)12/h2-4H2,1H3,(H,9,12). The molecular formula is C8H10N2O3. The molecule has 0 atom stereocenters. The normalized spacial score (nSPS) is 15.5. The monoisotopic (exact) mass is 182 g/mol. The smallest absolute Gasteiger partial charge is 0.328 e. The van der Waals surface area contributed by atoms with Gasteiger partial charge in [0.05, 0.1) is 18.8 Å². The summed E-state index contributed by atoms with van der Waals surface area (Å²) >= 11 is 0. The molecule has 70 valence electrons. The molecule has 5 heteroatoms. The van der Waals surface area contributed by atoms with Crippen molar-refractivity contribution in [3.63, 3.8) is 0 Å². The maximum Gasteiger partial charge on any atom is 0.328 e. The highest BCUT2D eigenvalue weighted by molar-refractivity contribution is 5.17. The fourth-order valence-electron chi connectivity index (χ4n) is 1.42. The molecule has 0 amide bonds. The van der Waals surface area contributed by atoms with Gasteiger partial charge in [-0.15, -0.1) is 0 Å². The molecule has 0 bridgehead atoms. The number of aromatic amines is 1. The van der Waals surface area contributed by atoms with Gasteiger partial charge in [-0.2, -0.15) is 0 Å². The van der Waals surface area contributed by atoms with Crippen molar-refractivity contribution in [3.05, 3.63) is 32.1 Å². The molecule has 0 aromatic carbocycles. The summed E-state index contributed by atoms with van der Waals surface area (Å²) in [5, 5.41) is 0. The Morgan fingerprint density at radius 2 is 2.23 bits per heavy atom. The van der Waals surface area contributed by atoms with E-state index in [0.29, 0.717) is 25.2 Å². The van der Waals surface area contributed by atoms with Gasteiger partial charge in [-0.1, -0.05) is 0 Å². The first-order valence-corrected chi connectivity index (χ1v) is 4.09. The summed E-state index contributed by atoms with van der Waals surface area (Å²) in [6, 6.07) is 0. The lowest BCUT2D eigenvalue weighted by Gasteiger charge is -2.15. The number of aromatic nitrogens is 2. The van der Waals surface area contributed by atoms with Crippen LogP contribution < -0.4 is 11.2 Å². The van der Waals surface area contributed by atoms with Crippen molar-refractivity contribution in [2.45, 2.75) is 13.0 Å². The van der Waals surface area contributed by atoms with Crippen molar-refractivity contribution in [1.82, 2.24) is 9.55 Å². The van der Waals surface area contributed by atoms with E-state index in [-0.39, 0.29) is 11.2 Å². The van der Waals surface area contributed by atoms with Gasteiger partial charge < -0.3 is 9.72 Å². The average Bonchev–Trinajstić information content (AvgIpc) is 2.15. The van der Waals surface area contributed by atoms with Crippen LogP contribution in [0.3, 0.4) is 0 Å². The van der Waals surface area contributed by atoms with Crippen LogP contribution in [0.25, 0.3) is 0 Å². The minimum atomic E-state index is -0.356. The number of rotatable bonds is 0. The quantitative estimate of drug-likeness (QED) is 0.568. The van der Waals surface area contributed by atoms with Crippen molar-refractivity contribution >= 4 is 0 Å². The van der Waals surface area contributed by atoms with E-state index in [1.807, 2.05) is 0 Å². The van der Waals surface area contributed by atoms with Gasteiger partial charge >= 0.3 is 5.69 Å². The highest BCUT2D eigenvalue weighted by atomic mass is 16.5. The fraction of sp³-hybridized carbons (Fsp3) is 0.500. The van der Waals surface area contributed by atoms with Crippen molar-refractivity contribution in [3.8, 4) is 0 Å².